The molecule has 0 rings (SSSR count). The first-order valence-corrected chi connectivity index (χ1v) is 41.8. The van der Waals surface area contributed by atoms with Crippen molar-refractivity contribution in [3.05, 3.63) is 0 Å². The molecule has 2 N–H and O–H groups in total. The lowest BCUT2D eigenvalue weighted by atomic mass is 9.91. The molecule has 0 aromatic rings. The Hall–Kier alpha value is -0.0218. The highest BCUT2D eigenvalue weighted by atomic mass is 28.5. The van der Waals surface area contributed by atoms with Crippen LogP contribution in [-0.4, -0.2) is 115 Å². The predicted molar refractivity (Wildman–Crippen MR) is 251 cm³/mol. The molecule has 19 heteroatoms. The van der Waals surface area contributed by atoms with Gasteiger partial charge in [0.05, 0.1) is 12.0 Å². The Kier molecular flexibility index (Phi) is 27.6. The van der Waals surface area contributed by atoms with Crippen molar-refractivity contribution < 1.29 is 49.5 Å². The molecule has 12 nitrogen and oxygen atoms in total. The molecule has 0 spiro atoms. The standard InChI is InChI=1S/C19H44O6Si3.C17H43NO5Si4.CH4/c1-11-19(2,3)18(21)23-16-17(20)15-22-13-12-14-28(10,24-26(4,5)6)25-27(7,8)9;1-12-16(2)20-17(19)18-14-13-15-27(21-24(3,4)5,22-25(6,7)8)23-26(9,10)11;/h17,20H,11-16H2,1-10H3;16H,12-15H2,1-11H3,(H,18,19);1H4. The van der Waals surface area contributed by atoms with Crippen LogP contribution in [0.5, 0.6) is 0 Å². The van der Waals surface area contributed by atoms with Crippen molar-refractivity contribution >= 4 is 71.0 Å². The quantitative estimate of drug-likeness (QED) is 0.0487. The van der Waals surface area contributed by atoms with Gasteiger partial charge in [-0.25, -0.2) is 4.79 Å². The molecule has 0 aliphatic heterocycles. The van der Waals surface area contributed by atoms with Gasteiger partial charge in [-0.15, -0.1) is 0 Å². The fourth-order valence-corrected chi connectivity index (χ4v) is 32.3. The number of nitrogens with one attached hydrogen (secondary N) is 1. The van der Waals surface area contributed by atoms with E-state index >= 15 is 0 Å². The number of alkyl carbamates (subject to hydrolysis) is 1. The van der Waals surface area contributed by atoms with Gasteiger partial charge in [0.15, 0.2) is 41.6 Å². The number of amides is 1. The number of carbonyl (C=O) groups is 2. The number of ether oxygens (including phenoxy) is 3. The van der Waals surface area contributed by atoms with E-state index in [0.29, 0.717) is 19.6 Å². The van der Waals surface area contributed by atoms with Crippen LogP contribution in [0.2, 0.25) is 117 Å². The van der Waals surface area contributed by atoms with Crippen LogP contribution in [0.1, 0.15) is 67.7 Å². The fourth-order valence-electron chi connectivity index (χ4n) is 5.11. The molecule has 56 heavy (non-hydrogen) atoms. The number of aliphatic hydroxyl groups excluding tert-OH is 1. The SMILES string of the molecule is C.CCC(C)(C)C(=O)OCC(O)COCCC[Si](C)(O[Si](C)(C)C)O[Si](C)(C)C.CCC(C)OC(=O)NCCC[Si](O[Si](C)(C)C)(O[Si](C)(C)C)O[Si](C)(C)C. The van der Waals surface area contributed by atoms with Gasteiger partial charge in [-0.3, -0.25) is 4.79 Å². The first kappa shape index (κ1) is 60.3. The zero-order chi connectivity index (χ0) is 43.7. The summed E-state index contributed by atoms with van der Waals surface area (Å²) >= 11 is 0. The molecule has 1 amide bonds. The molecule has 0 bridgehead atoms. The van der Waals surface area contributed by atoms with E-state index in [2.05, 4.69) is 110 Å². The first-order valence-electron chi connectivity index (χ1n) is 20.3. The summed E-state index contributed by atoms with van der Waals surface area (Å²) in [5, 5.41) is 12.8. The van der Waals surface area contributed by atoms with Crippen molar-refractivity contribution in [3.8, 4) is 0 Å². The molecule has 0 heterocycles. The summed E-state index contributed by atoms with van der Waals surface area (Å²) in [5.74, 6) is -0.289. The Bertz CT molecular complexity index is 1040. The Labute approximate surface area is 352 Å². The van der Waals surface area contributed by atoms with Crippen LogP contribution in [0.4, 0.5) is 4.79 Å². The minimum Gasteiger partial charge on any atom is -0.462 e. The maximum atomic E-state index is 11.9. The third-order valence-electron chi connectivity index (χ3n) is 7.31. The molecule has 0 aromatic heterocycles. The molecule has 2 unspecified atom stereocenters. The van der Waals surface area contributed by atoms with Gasteiger partial charge in [0.25, 0.3) is 0 Å². The molecule has 0 saturated heterocycles. The highest BCUT2D eigenvalue weighted by molar-refractivity contribution is 6.90. The molecule has 338 valence electrons. The Morgan fingerprint density at radius 1 is 0.661 bits per heavy atom. The van der Waals surface area contributed by atoms with Crippen molar-refractivity contribution in [3.63, 3.8) is 0 Å². The maximum Gasteiger partial charge on any atom is 0.469 e. The van der Waals surface area contributed by atoms with Crippen LogP contribution < -0.4 is 5.32 Å². The predicted octanol–water partition coefficient (Wildman–Crippen LogP) is 10.5. The Morgan fingerprint density at radius 2 is 1.09 bits per heavy atom. The van der Waals surface area contributed by atoms with E-state index < -0.39 is 70.5 Å². The van der Waals surface area contributed by atoms with Crippen LogP contribution in [0.25, 0.3) is 0 Å². The molecule has 0 aliphatic carbocycles. The summed E-state index contributed by atoms with van der Waals surface area (Å²) in [7, 11) is -14.0. The van der Waals surface area contributed by atoms with Crippen molar-refractivity contribution in [2.45, 2.75) is 197 Å². The highest BCUT2D eigenvalue weighted by Gasteiger charge is 2.49. The van der Waals surface area contributed by atoms with Crippen molar-refractivity contribution in [1.29, 1.82) is 0 Å². The number of rotatable bonds is 26. The Balaban J connectivity index is -0.000000986. The van der Waals surface area contributed by atoms with Crippen molar-refractivity contribution in [1.82, 2.24) is 5.32 Å². The summed E-state index contributed by atoms with van der Waals surface area (Å²) in [6, 6.07) is 1.59. The van der Waals surface area contributed by atoms with Crippen molar-refractivity contribution in [2.24, 2.45) is 5.41 Å². The smallest absolute Gasteiger partial charge is 0.462 e. The molecule has 0 saturated carbocycles. The summed E-state index contributed by atoms with van der Waals surface area (Å²) in [6.45, 7) is 45.6. The highest BCUT2D eigenvalue weighted by Crippen LogP contribution is 2.30. The van der Waals surface area contributed by atoms with E-state index in [9.17, 15) is 14.7 Å². The first-order chi connectivity index (χ1) is 24.5. The monoisotopic (exact) mass is 921 g/mol. The minimum atomic E-state index is -2.82. The second-order valence-electron chi connectivity index (χ2n) is 20.2. The maximum absolute atomic E-state index is 11.9. The molecular weight excluding hydrogens is 831 g/mol. The van der Waals surface area contributed by atoms with Crippen LogP contribution in [-0.2, 0) is 39.6 Å². The average Bonchev–Trinajstić information content (AvgIpc) is 2.93. The fraction of sp³-hybridized carbons (Fsp3) is 0.946. The van der Waals surface area contributed by atoms with Gasteiger partial charge >= 0.3 is 29.4 Å². The third-order valence-corrected chi connectivity index (χ3v) is 29.0. The normalized spacial score (nSPS) is 14.5. The number of esters is 1. The minimum absolute atomic E-state index is 0. The molecule has 0 aliphatic rings. The zero-order valence-electron chi connectivity index (χ0n) is 39.3. The topological polar surface area (TPSA) is 140 Å². The molecule has 0 aromatic carbocycles. The second-order valence-corrected chi connectivity index (χ2v) is 50.1. The lowest BCUT2D eigenvalue weighted by Crippen LogP contribution is -2.60. The van der Waals surface area contributed by atoms with Crippen LogP contribution >= 0.6 is 0 Å². The lowest BCUT2D eigenvalue weighted by molar-refractivity contribution is -0.158. The molecule has 0 fully saturated rings. The summed E-state index contributed by atoms with van der Waals surface area (Å²) in [5.41, 5.74) is -0.525. The lowest BCUT2D eigenvalue weighted by Gasteiger charge is -2.43. The van der Waals surface area contributed by atoms with E-state index in [0.717, 1.165) is 31.4 Å². The summed E-state index contributed by atoms with van der Waals surface area (Å²) in [6.07, 6.45) is 1.84. The van der Waals surface area contributed by atoms with Gasteiger partial charge in [0, 0.05) is 19.2 Å². The van der Waals surface area contributed by atoms with E-state index in [4.69, 9.17) is 34.8 Å². The number of carbonyl (C=O) groups excluding carboxylic acids is 2. The molecule has 0 radical (unpaired) electrons. The van der Waals surface area contributed by atoms with Gasteiger partial charge in [0.1, 0.15) is 18.8 Å². The number of hydrogen-bond acceptors (Lipinski definition) is 11. The zero-order valence-corrected chi connectivity index (χ0v) is 46.3. The Morgan fingerprint density at radius 3 is 1.46 bits per heavy atom. The number of aliphatic hydroxyl groups is 1. The second kappa shape index (κ2) is 25.7. The van der Waals surface area contributed by atoms with Crippen LogP contribution in [0.15, 0.2) is 0 Å². The van der Waals surface area contributed by atoms with E-state index in [1.54, 1.807) is 0 Å². The van der Waals surface area contributed by atoms with Gasteiger partial charge in [-0.2, -0.15) is 0 Å². The van der Waals surface area contributed by atoms with Crippen molar-refractivity contribution in [2.75, 3.05) is 26.4 Å². The summed E-state index contributed by atoms with van der Waals surface area (Å²) in [4.78, 5) is 23.8. The average molecular weight is 923 g/mol. The van der Waals surface area contributed by atoms with Crippen LogP contribution in [0.3, 0.4) is 0 Å². The summed E-state index contributed by atoms with van der Waals surface area (Å²) < 4.78 is 48.8. The third kappa shape index (κ3) is 33.8. The number of hydrogen-bond donors (Lipinski definition) is 2. The molecular formula is C37H91NO11Si7. The van der Waals surface area contributed by atoms with E-state index in [-0.39, 0.29) is 38.8 Å². The van der Waals surface area contributed by atoms with Gasteiger partial charge in [-0.05, 0) is 157 Å². The van der Waals surface area contributed by atoms with E-state index in [1.165, 1.54) is 0 Å². The van der Waals surface area contributed by atoms with Gasteiger partial charge in [0.2, 0.25) is 0 Å². The largest absolute Gasteiger partial charge is 0.469 e. The molecule has 2 atom stereocenters. The van der Waals surface area contributed by atoms with E-state index in [1.807, 2.05) is 34.6 Å². The van der Waals surface area contributed by atoms with Gasteiger partial charge < -0.3 is 45.2 Å². The van der Waals surface area contributed by atoms with Gasteiger partial charge in [-0.1, -0.05) is 21.3 Å². The van der Waals surface area contributed by atoms with Crippen LogP contribution in [0, 0.1) is 5.41 Å².